The number of carboxylic acid groups (broad SMARTS) is 1. The van der Waals surface area contributed by atoms with Gasteiger partial charge < -0.3 is 19.5 Å². The van der Waals surface area contributed by atoms with Crippen LogP contribution in [0.4, 0.5) is 4.79 Å². The zero-order valence-corrected chi connectivity index (χ0v) is 19.1. The maximum absolute atomic E-state index is 12.0. The van der Waals surface area contributed by atoms with E-state index in [1.54, 1.807) is 19.1 Å². The summed E-state index contributed by atoms with van der Waals surface area (Å²) in [6.45, 7) is 0.491. The van der Waals surface area contributed by atoms with Crippen LogP contribution in [0, 0.1) is 5.41 Å². The summed E-state index contributed by atoms with van der Waals surface area (Å²) in [5.41, 5.74) is 3.48. The molecule has 7 nitrogen and oxygen atoms in total. The van der Waals surface area contributed by atoms with Crippen molar-refractivity contribution in [3.63, 3.8) is 0 Å². The first-order valence-corrected chi connectivity index (χ1v) is 10.9. The molecular formula is C27H27N3O4. The molecule has 0 bridgehead atoms. The monoisotopic (exact) mass is 457 g/mol. The van der Waals surface area contributed by atoms with E-state index >= 15 is 0 Å². The smallest absolute Gasteiger partial charge is 0.418 e. The lowest BCUT2D eigenvalue weighted by Gasteiger charge is -2.20. The number of nitrogens with one attached hydrogen (secondary N) is 1. The van der Waals surface area contributed by atoms with E-state index in [1.807, 2.05) is 84.9 Å². The number of rotatable bonds is 7. The van der Waals surface area contributed by atoms with Crippen LogP contribution < -0.4 is 9.47 Å². The SMILES string of the molecule is COc1ccc(C=C2C(Cc3ccc(OCc4ccccc4)cc3)N(C)C(=N)N2C(=O)O)cc1. The first-order valence-electron chi connectivity index (χ1n) is 10.9. The Morgan fingerprint density at radius 2 is 1.62 bits per heavy atom. The van der Waals surface area contributed by atoms with Crippen molar-refractivity contribution in [3.05, 3.63) is 101 Å². The molecule has 0 spiro atoms. The quantitative estimate of drug-likeness (QED) is 0.516. The molecule has 2 N–H and O–H groups in total. The van der Waals surface area contributed by atoms with E-state index in [1.165, 1.54) is 0 Å². The van der Waals surface area contributed by atoms with Gasteiger partial charge in [-0.1, -0.05) is 54.6 Å². The molecule has 1 fully saturated rings. The van der Waals surface area contributed by atoms with Gasteiger partial charge in [0.15, 0.2) is 0 Å². The summed E-state index contributed by atoms with van der Waals surface area (Å²) in [5.74, 6) is 1.42. The van der Waals surface area contributed by atoms with E-state index < -0.39 is 6.09 Å². The maximum Gasteiger partial charge on any atom is 0.418 e. The van der Waals surface area contributed by atoms with E-state index in [2.05, 4.69) is 0 Å². The summed E-state index contributed by atoms with van der Waals surface area (Å²) in [7, 11) is 3.34. The minimum atomic E-state index is -1.18. The Labute approximate surface area is 199 Å². The Morgan fingerprint density at radius 3 is 2.24 bits per heavy atom. The number of hydrogen-bond donors (Lipinski definition) is 2. The van der Waals surface area contributed by atoms with Crippen LogP contribution in [-0.2, 0) is 13.0 Å². The number of hydrogen-bond acceptors (Lipinski definition) is 4. The summed E-state index contributed by atoms with van der Waals surface area (Å²) in [6, 6.07) is 24.8. The van der Waals surface area contributed by atoms with E-state index in [-0.39, 0.29) is 12.0 Å². The van der Waals surface area contributed by atoms with Gasteiger partial charge in [-0.05, 0) is 53.5 Å². The van der Waals surface area contributed by atoms with Gasteiger partial charge in [0.25, 0.3) is 0 Å². The molecule has 34 heavy (non-hydrogen) atoms. The van der Waals surface area contributed by atoms with Gasteiger partial charge in [0.1, 0.15) is 18.1 Å². The molecule has 1 saturated heterocycles. The predicted octanol–water partition coefficient (Wildman–Crippen LogP) is 5.09. The van der Waals surface area contributed by atoms with Crippen LogP contribution in [0.3, 0.4) is 0 Å². The largest absolute Gasteiger partial charge is 0.497 e. The summed E-state index contributed by atoms with van der Waals surface area (Å²) in [5, 5.41) is 18.1. The van der Waals surface area contributed by atoms with Crippen LogP contribution >= 0.6 is 0 Å². The molecule has 0 aromatic heterocycles. The molecule has 3 aromatic carbocycles. The van der Waals surface area contributed by atoms with E-state index in [0.29, 0.717) is 18.7 Å². The van der Waals surface area contributed by atoms with E-state index in [0.717, 1.165) is 33.1 Å². The van der Waals surface area contributed by atoms with Gasteiger partial charge in [-0.3, -0.25) is 5.41 Å². The first-order chi connectivity index (χ1) is 16.5. The Balaban J connectivity index is 1.53. The van der Waals surface area contributed by atoms with Crippen LogP contribution in [0.1, 0.15) is 16.7 Å². The lowest BCUT2D eigenvalue weighted by atomic mass is 10.0. The third-order valence-corrected chi connectivity index (χ3v) is 5.84. The highest BCUT2D eigenvalue weighted by Gasteiger charge is 2.40. The number of amides is 1. The van der Waals surface area contributed by atoms with Crippen molar-refractivity contribution >= 4 is 18.1 Å². The summed E-state index contributed by atoms with van der Waals surface area (Å²) >= 11 is 0. The van der Waals surface area contributed by atoms with E-state index in [4.69, 9.17) is 14.9 Å². The molecule has 1 amide bonds. The van der Waals surface area contributed by atoms with Crippen molar-refractivity contribution in [2.24, 2.45) is 0 Å². The minimum Gasteiger partial charge on any atom is -0.497 e. The van der Waals surface area contributed by atoms with Crippen molar-refractivity contribution in [1.82, 2.24) is 9.80 Å². The van der Waals surface area contributed by atoms with Crippen molar-refractivity contribution < 1.29 is 19.4 Å². The molecule has 7 heteroatoms. The lowest BCUT2D eigenvalue weighted by Crippen LogP contribution is -2.34. The zero-order valence-electron chi connectivity index (χ0n) is 19.1. The second-order valence-corrected chi connectivity index (χ2v) is 8.03. The molecule has 0 aliphatic carbocycles. The fraction of sp³-hybridized carbons (Fsp3) is 0.185. The van der Waals surface area contributed by atoms with Crippen LogP contribution in [0.25, 0.3) is 6.08 Å². The van der Waals surface area contributed by atoms with E-state index in [9.17, 15) is 9.90 Å². The van der Waals surface area contributed by atoms with Crippen LogP contribution in [-0.4, -0.2) is 47.2 Å². The van der Waals surface area contributed by atoms with Gasteiger partial charge in [0.05, 0.1) is 18.8 Å². The fourth-order valence-electron chi connectivity index (χ4n) is 3.94. The van der Waals surface area contributed by atoms with Crippen molar-refractivity contribution in [2.75, 3.05) is 14.2 Å². The topological polar surface area (TPSA) is 86.1 Å². The molecule has 1 aliphatic rings. The Kier molecular flexibility index (Phi) is 6.82. The van der Waals surface area contributed by atoms with Crippen molar-refractivity contribution in [3.8, 4) is 11.5 Å². The Morgan fingerprint density at radius 1 is 0.971 bits per heavy atom. The molecule has 4 rings (SSSR count). The number of carbonyl (C=O) groups is 1. The number of likely N-dealkylation sites (N-methyl/N-ethyl adjacent to an activating group) is 1. The summed E-state index contributed by atoms with van der Waals surface area (Å²) in [6.07, 6.45) is 1.18. The zero-order chi connectivity index (χ0) is 24.1. The molecule has 0 saturated carbocycles. The predicted molar refractivity (Wildman–Crippen MR) is 131 cm³/mol. The third-order valence-electron chi connectivity index (χ3n) is 5.84. The highest BCUT2D eigenvalue weighted by Crippen LogP contribution is 2.30. The fourth-order valence-corrected chi connectivity index (χ4v) is 3.94. The van der Waals surface area contributed by atoms with Crippen molar-refractivity contribution in [2.45, 2.75) is 19.1 Å². The second-order valence-electron chi connectivity index (χ2n) is 8.03. The van der Waals surface area contributed by atoms with Gasteiger partial charge in [-0.25, -0.2) is 9.69 Å². The standard InChI is InChI=1S/C27H27N3O4/c1-29-24(16-19-10-14-23(15-11-19)34-18-21-6-4-3-5-7-21)25(30(26(29)28)27(31)32)17-20-8-12-22(33-2)13-9-20/h3-15,17,24,28H,16,18H2,1-2H3,(H,31,32). The van der Waals surface area contributed by atoms with Crippen LogP contribution in [0.15, 0.2) is 84.6 Å². The molecule has 3 aromatic rings. The second kappa shape index (κ2) is 10.1. The molecule has 1 heterocycles. The lowest BCUT2D eigenvalue weighted by molar-refractivity contribution is 0.177. The van der Waals surface area contributed by atoms with Gasteiger partial charge in [0, 0.05) is 7.05 Å². The number of methoxy groups -OCH3 is 1. The average molecular weight is 458 g/mol. The number of nitrogens with zero attached hydrogens (tertiary/aromatic N) is 2. The number of ether oxygens (including phenoxy) is 2. The molecule has 174 valence electrons. The van der Waals surface area contributed by atoms with Crippen LogP contribution in [0.5, 0.6) is 11.5 Å². The van der Waals surface area contributed by atoms with Gasteiger partial charge in [-0.15, -0.1) is 0 Å². The molecular weight excluding hydrogens is 430 g/mol. The Hall–Kier alpha value is -4.26. The molecule has 1 aliphatic heterocycles. The number of benzene rings is 3. The normalized spacial score (nSPS) is 16.7. The highest BCUT2D eigenvalue weighted by molar-refractivity contribution is 5.98. The van der Waals surface area contributed by atoms with Crippen molar-refractivity contribution in [1.29, 1.82) is 5.41 Å². The molecule has 1 unspecified atom stereocenters. The summed E-state index contributed by atoms with van der Waals surface area (Å²) in [4.78, 5) is 14.7. The highest BCUT2D eigenvalue weighted by atomic mass is 16.5. The summed E-state index contributed by atoms with van der Waals surface area (Å²) < 4.78 is 11.1. The maximum atomic E-state index is 12.0. The van der Waals surface area contributed by atoms with Gasteiger partial charge in [-0.2, -0.15) is 0 Å². The van der Waals surface area contributed by atoms with Gasteiger partial charge >= 0.3 is 6.09 Å². The van der Waals surface area contributed by atoms with Gasteiger partial charge in [0.2, 0.25) is 5.96 Å². The van der Waals surface area contributed by atoms with Crippen LogP contribution in [0.2, 0.25) is 0 Å². The third kappa shape index (κ3) is 5.04. The minimum absolute atomic E-state index is 0.0694. The average Bonchev–Trinajstić information content (AvgIpc) is 3.09. The Bertz CT molecular complexity index is 1170. The first kappa shape index (κ1) is 22.9. The molecule has 0 radical (unpaired) electrons. The molecule has 1 atom stereocenters. The number of guanidine groups is 1.